The maximum atomic E-state index is 11.0. The van der Waals surface area contributed by atoms with Crippen molar-refractivity contribution in [1.29, 1.82) is 0 Å². The Kier molecular flexibility index (Phi) is 20.8. The van der Waals surface area contributed by atoms with Crippen LogP contribution in [0.25, 0.3) is 0 Å². The molecular formula is C36H62O31. The van der Waals surface area contributed by atoms with Gasteiger partial charge < -0.3 is 154 Å². The van der Waals surface area contributed by atoms with Crippen molar-refractivity contribution in [1.82, 2.24) is 0 Å². The molecule has 5 aliphatic heterocycles. The maximum absolute atomic E-state index is 11.0. The van der Waals surface area contributed by atoms with Crippen molar-refractivity contribution < 1.29 is 154 Å². The van der Waals surface area contributed by atoms with Gasteiger partial charge in [0, 0.05) is 0 Å². The number of aldehydes is 1. The Morgan fingerprint density at radius 3 is 0.940 bits per heavy atom. The van der Waals surface area contributed by atoms with Crippen LogP contribution in [0.5, 0.6) is 0 Å². The summed E-state index contributed by atoms with van der Waals surface area (Å²) in [7, 11) is 0. The summed E-state index contributed by atoms with van der Waals surface area (Å²) >= 11 is 0. The number of ether oxygens (including phenoxy) is 10. The van der Waals surface area contributed by atoms with Gasteiger partial charge in [0.05, 0.1) is 39.6 Å². The molecule has 0 aromatic carbocycles. The Hall–Kier alpha value is -1.53. The van der Waals surface area contributed by atoms with Crippen molar-refractivity contribution in [2.75, 3.05) is 39.6 Å². The minimum absolute atomic E-state index is 0.124. The number of aliphatic hydroxyl groups excluding tert-OH is 20. The van der Waals surface area contributed by atoms with E-state index in [0.717, 1.165) is 0 Å². The highest BCUT2D eigenvalue weighted by molar-refractivity contribution is 5.56. The highest BCUT2D eigenvalue weighted by Crippen LogP contribution is 2.31. The Morgan fingerprint density at radius 2 is 0.657 bits per heavy atom. The highest BCUT2D eigenvalue weighted by Gasteiger charge is 2.52. The van der Waals surface area contributed by atoms with Crippen molar-refractivity contribution in [3.05, 3.63) is 0 Å². The first kappa shape index (κ1) is 56.4. The quantitative estimate of drug-likeness (QED) is 0.0504. The Bertz CT molecular complexity index is 1490. The van der Waals surface area contributed by atoms with E-state index in [2.05, 4.69) is 0 Å². The van der Waals surface area contributed by atoms with Gasteiger partial charge in [-0.05, 0) is 0 Å². The van der Waals surface area contributed by atoms with Gasteiger partial charge in [-0.15, -0.1) is 0 Å². The van der Waals surface area contributed by atoms with Crippen molar-refractivity contribution in [2.24, 2.45) is 0 Å². The summed E-state index contributed by atoms with van der Waals surface area (Å²) in [5, 5.41) is 206. The van der Waals surface area contributed by atoms with Gasteiger partial charge in [0.25, 0.3) is 0 Å². The zero-order chi connectivity index (χ0) is 49.8. The molecule has 31 heteroatoms. The van der Waals surface area contributed by atoms with Crippen LogP contribution in [0.2, 0.25) is 0 Å². The molecule has 0 amide bonds. The van der Waals surface area contributed by atoms with Crippen LogP contribution in [0.3, 0.4) is 0 Å². The molecule has 5 fully saturated rings. The summed E-state index contributed by atoms with van der Waals surface area (Å²) in [6.45, 7) is -5.07. The molecule has 29 atom stereocenters. The molecule has 31 nitrogen and oxygen atoms in total. The van der Waals surface area contributed by atoms with Crippen LogP contribution in [-0.4, -0.2) is 326 Å². The van der Waals surface area contributed by atoms with Crippen LogP contribution >= 0.6 is 0 Å². The second-order valence-electron chi connectivity index (χ2n) is 16.6. The minimum atomic E-state index is -2.20. The van der Waals surface area contributed by atoms with E-state index in [1.807, 2.05) is 0 Å². The third-order valence-corrected chi connectivity index (χ3v) is 11.9. The fraction of sp³-hybridized carbons (Fsp3) is 0.972. The summed E-state index contributed by atoms with van der Waals surface area (Å²) in [6, 6.07) is 0. The van der Waals surface area contributed by atoms with E-state index in [1.54, 1.807) is 0 Å². The maximum Gasteiger partial charge on any atom is 0.187 e. The second kappa shape index (κ2) is 24.7. The zero-order valence-corrected chi connectivity index (χ0v) is 35.0. The minimum Gasteiger partial charge on any atom is -0.394 e. The molecule has 0 aromatic rings. The average molecular weight is 991 g/mol. The molecule has 0 spiro atoms. The standard InChI is InChI=1S/C36H62O31/c37-1-8(40)15(42)31(9(41)2-38)67-36-30(57)25(52)20(47)14(66-36)7-61-35-29(56)24(51)19(46)13(65-35)6-60-34-28(55)23(50)18(45)12(64-34)5-59-33-27(54)22(49)17(44)11(63-33)4-58-32-26(53)21(48)16(43)10(3-39)62-32/h1,8-36,38-57H,2-7H2/t8-,9+,10+,11+,12+,13+,14+,15+,16+,17+,18+,19+,20+,21-,22-,23-,24-,25-,26+,27+,28+,29+,30+,31+,32-,33-,34-,35-,36+/m0/s1. The van der Waals surface area contributed by atoms with Crippen molar-refractivity contribution in [2.45, 2.75) is 178 Å². The van der Waals surface area contributed by atoms with Gasteiger partial charge in [0.1, 0.15) is 146 Å². The molecule has 5 saturated heterocycles. The highest BCUT2D eigenvalue weighted by atomic mass is 16.8. The van der Waals surface area contributed by atoms with E-state index in [-0.39, 0.29) is 6.29 Å². The van der Waals surface area contributed by atoms with E-state index < -0.39 is 218 Å². The lowest BCUT2D eigenvalue weighted by Crippen LogP contribution is -2.63. The summed E-state index contributed by atoms with van der Waals surface area (Å²) in [4.78, 5) is 11.0. The van der Waals surface area contributed by atoms with Crippen molar-refractivity contribution >= 4 is 6.29 Å². The number of hydrogen-bond donors (Lipinski definition) is 20. The van der Waals surface area contributed by atoms with E-state index in [9.17, 15) is 107 Å². The summed E-state index contributed by atoms with van der Waals surface area (Å²) < 4.78 is 54.4. The molecule has 67 heavy (non-hydrogen) atoms. The number of carbonyl (C=O) groups is 1. The van der Waals surface area contributed by atoms with Crippen LogP contribution in [0.15, 0.2) is 0 Å². The van der Waals surface area contributed by atoms with Gasteiger partial charge in [-0.2, -0.15) is 0 Å². The van der Waals surface area contributed by atoms with E-state index >= 15 is 0 Å². The fourth-order valence-electron chi connectivity index (χ4n) is 7.64. The molecule has 0 radical (unpaired) electrons. The van der Waals surface area contributed by atoms with Crippen LogP contribution in [0, 0.1) is 0 Å². The number of rotatable bonds is 20. The molecule has 0 unspecified atom stereocenters. The lowest BCUT2D eigenvalue weighted by atomic mass is 9.97. The second-order valence-corrected chi connectivity index (χ2v) is 16.6. The predicted octanol–water partition coefficient (Wildman–Crippen LogP) is -14.3. The molecule has 0 bridgehead atoms. The average Bonchev–Trinajstić information content (AvgIpc) is 3.32. The summed E-state index contributed by atoms with van der Waals surface area (Å²) in [6.07, 6.45) is -55.0. The molecule has 5 rings (SSSR count). The number of hydrogen-bond acceptors (Lipinski definition) is 31. The van der Waals surface area contributed by atoms with Gasteiger partial charge in [-0.1, -0.05) is 0 Å². The largest absolute Gasteiger partial charge is 0.394 e. The lowest BCUT2D eigenvalue weighted by molar-refractivity contribution is -0.353. The first-order valence-electron chi connectivity index (χ1n) is 20.9. The first-order chi connectivity index (χ1) is 31.6. The Balaban J connectivity index is 1.17. The van der Waals surface area contributed by atoms with E-state index in [0.29, 0.717) is 0 Å². The SMILES string of the molecule is O=C[C@H](O)[C@@H](O)[C@H](O[C@H]1O[C@H](CO[C@H]2O[C@H](CO[C@H]3O[C@H](CO[C@H]4O[C@H](CO[C@H]5O[C@H](CO)[C@@H](O)[C@H](O)[C@H]5O)[C@@H](O)[C@H](O)[C@H]4O)[C@@H](O)[C@H](O)[C@H]3O)[C@@H](O)[C@H](O)[C@H]2O)[C@@H](O)[C@H](O)[C@H]1O)[C@H](O)CO. The predicted molar refractivity (Wildman–Crippen MR) is 200 cm³/mol. The van der Waals surface area contributed by atoms with Gasteiger partial charge in [-0.25, -0.2) is 0 Å². The normalized spacial score (nSPS) is 48.3. The van der Waals surface area contributed by atoms with Gasteiger partial charge >= 0.3 is 0 Å². The van der Waals surface area contributed by atoms with Crippen LogP contribution in [0.4, 0.5) is 0 Å². The zero-order valence-electron chi connectivity index (χ0n) is 35.0. The molecule has 392 valence electrons. The Labute approximate surface area is 378 Å². The number of carbonyl (C=O) groups excluding carboxylic acids is 1. The summed E-state index contributed by atoms with van der Waals surface area (Å²) in [5.74, 6) is 0. The fourth-order valence-corrected chi connectivity index (χ4v) is 7.64. The monoisotopic (exact) mass is 990 g/mol. The third-order valence-electron chi connectivity index (χ3n) is 11.9. The lowest BCUT2D eigenvalue weighted by Gasteiger charge is -2.45. The van der Waals surface area contributed by atoms with Gasteiger partial charge in [0.15, 0.2) is 37.7 Å². The molecule has 0 aliphatic carbocycles. The van der Waals surface area contributed by atoms with Crippen LogP contribution in [0.1, 0.15) is 0 Å². The van der Waals surface area contributed by atoms with Crippen molar-refractivity contribution in [3.8, 4) is 0 Å². The van der Waals surface area contributed by atoms with Gasteiger partial charge in [0.2, 0.25) is 0 Å². The van der Waals surface area contributed by atoms with Crippen LogP contribution in [-0.2, 0) is 52.2 Å². The van der Waals surface area contributed by atoms with Crippen molar-refractivity contribution in [3.63, 3.8) is 0 Å². The summed E-state index contributed by atoms with van der Waals surface area (Å²) in [5.41, 5.74) is 0. The molecule has 5 aliphatic rings. The van der Waals surface area contributed by atoms with E-state index in [1.165, 1.54) is 0 Å². The molecule has 0 aromatic heterocycles. The van der Waals surface area contributed by atoms with Crippen LogP contribution < -0.4 is 0 Å². The van der Waals surface area contributed by atoms with Gasteiger partial charge in [-0.3, -0.25) is 0 Å². The molecule has 0 saturated carbocycles. The third kappa shape index (κ3) is 12.8. The van der Waals surface area contributed by atoms with E-state index in [4.69, 9.17) is 47.4 Å². The smallest absolute Gasteiger partial charge is 0.187 e. The molecule has 5 heterocycles. The molecule has 20 N–H and O–H groups in total. The number of aliphatic hydroxyl groups is 20. The first-order valence-corrected chi connectivity index (χ1v) is 20.9. The topological polar surface area (TPSA) is 514 Å². The molecular weight excluding hydrogens is 928 g/mol. The Morgan fingerprint density at radius 1 is 0.388 bits per heavy atom.